The van der Waals surface area contributed by atoms with Crippen LogP contribution in [0.15, 0.2) is 18.2 Å². The first kappa shape index (κ1) is 15.3. The summed E-state index contributed by atoms with van der Waals surface area (Å²) in [7, 11) is 1.62. The van der Waals surface area contributed by atoms with Crippen LogP contribution in [-0.2, 0) is 9.47 Å². The number of ether oxygens (including phenoxy) is 3. The van der Waals surface area contributed by atoms with Gasteiger partial charge in [-0.05, 0) is 18.2 Å². The summed E-state index contributed by atoms with van der Waals surface area (Å²) < 4.78 is 15.6. The normalized spacial score (nSPS) is 10.4. The Hall–Kier alpha value is -1.79. The van der Waals surface area contributed by atoms with Crippen molar-refractivity contribution in [1.29, 1.82) is 0 Å². The highest BCUT2D eigenvalue weighted by Gasteiger charge is 2.06. The molecule has 0 aliphatic heterocycles. The van der Waals surface area contributed by atoms with E-state index in [9.17, 15) is 4.79 Å². The maximum Gasteiger partial charge on any atom is 0.335 e. The SMILES string of the molecule is COCCOCCCOc1ccc(C(=O)O)cc1N. The highest BCUT2D eigenvalue weighted by atomic mass is 16.5. The average molecular weight is 269 g/mol. The molecule has 0 atom stereocenters. The van der Waals surface area contributed by atoms with Crippen molar-refractivity contribution in [3.05, 3.63) is 23.8 Å². The summed E-state index contributed by atoms with van der Waals surface area (Å²) >= 11 is 0. The monoisotopic (exact) mass is 269 g/mol. The fourth-order valence-corrected chi connectivity index (χ4v) is 1.40. The second kappa shape index (κ2) is 8.34. The Morgan fingerprint density at radius 2 is 2.05 bits per heavy atom. The maximum atomic E-state index is 10.7. The molecule has 0 saturated carbocycles. The van der Waals surface area contributed by atoms with E-state index in [1.807, 2.05) is 0 Å². The number of hydrogen-bond acceptors (Lipinski definition) is 5. The second-order valence-electron chi connectivity index (χ2n) is 3.86. The molecule has 0 bridgehead atoms. The molecule has 106 valence electrons. The summed E-state index contributed by atoms with van der Waals surface area (Å²) in [5.74, 6) is -0.522. The van der Waals surface area contributed by atoms with Crippen LogP contribution < -0.4 is 10.5 Å². The minimum atomic E-state index is -1.01. The number of nitrogens with two attached hydrogens (primary N) is 1. The molecule has 1 rings (SSSR count). The van der Waals surface area contributed by atoms with E-state index < -0.39 is 5.97 Å². The first-order valence-electron chi connectivity index (χ1n) is 5.97. The van der Waals surface area contributed by atoms with Gasteiger partial charge in [-0.3, -0.25) is 0 Å². The zero-order valence-electron chi connectivity index (χ0n) is 10.9. The molecule has 0 aliphatic carbocycles. The fourth-order valence-electron chi connectivity index (χ4n) is 1.40. The highest BCUT2D eigenvalue weighted by Crippen LogP contribution is 2.22. The van der Waals surface area contributed by atoms with E-state index in [1.54, 1.807) is 13.2 Å². The third kappa shape index (κ3) is 5.58. The molecule has 0 unspecified atom stereocenters. The number of nitrogen functional groups attached to an aromatic ring is 1. The predicted octanol–water partition coefficient (Wildman–Crippen LogP) is 1.40. The molecule has 6 heteroatoms. The van der Waals surface area contributed by atoms with Crippen molar-refractivity contribution in [3.8, 4) is 5.75 Å². The Bertz CT molecular complexity index is 408. The third-order valence-electron chi connectivity index (χ3n) is 2.38. The summed E-state index contributed by atoms with van der Waals surface area (Å²) in [6, 6.07) is 4.40. The Kier molecular flexibility index (Phi) is 6.70. The lowest BCUT2D eigenvalue weighted by Gasteiger charge is -2.09. The predicted molar refractivity (Wildman–Crippen MR) is 70.6 cm³/mol. The van der Waals surface area contributed by atoms with Gasteiger partial charge in [-0.2, -0.15) is 0 Å². The van der Waals surface area contributed by atoms with Crippen LogP contribution in [0.5, 0.6) is 5.75 Å². The molecular weight excluding hydrogens is 250 g/mol. The molecule has 1 aromatic rings. The van der Waals surface area contributed by atoms with Gasteiger partial charge < -0.3 is 25.1 Å². The second-order valence-corrected chi connectivity index (χ2v) is 3.86. The summed E-state index contributed by atoms with van der Waals surface area (Å²) in [5, 5.41) is 8.79. The van der Waals surface area contributed by atoms with Crippen molar-refractivity contribution < 1.29 is 24.1 Å². The molecule has 0 aliphatic rings. The third-order valence-corrected chi connectivity index (χ3v) is 2.38. The van der Waals surface area contributed by atoms with Gasteiger partial charge in [0.1, 0.15) is 5.75 Å². The van der Waals surface area contributed by atoms with Gasteiger partial charge in [-0.15, -0.1) is 0 Å². The van der Waals surface area contributed by atoms with Crippen LogP contribution >= 0.6 is 0 Å². The Labute approximate surface area is 112 Å². The molecular formula is C13H19NO5. The fraction of sp³-hybridized carbons (Fsp3) is 0.462. The van der Waals surface area contributed by atoms with Gasteiger partial charge in [0.2, 0.25) is 0 Å². The Morgan fingerprint density at radius 3 is 2.68 bits per heavy atom. The summed E-state index contributed by atoms with van der Waals surface area (Å²) in [6.07, 6.45) is 0.726. The first-order chi connectivity index (χ1) is 9.15. The van der Waals surface area contributed by atoms with E-state index in [-0.39, 0.29) is 5.56 Å². The van der Waals surface area contributed by atoms with E-state index in [4.69, 9.17) is 25.1 Å². The van der Waals surface area contributed by atoms with Crippen molar-refractivity contribution in [1.82, 2.24) is 0 Å². The number of aromatic carboxylic acids is 1. The van der Waals surface area contributed by atoms with Crippen molar-refractivity contribution >= 4 is 11.7 Å². The molecule has 0 heterocycles. The largest absolute Gasteiger partial charge is 0.491 e. The molecule has 0 spiro atoms. The Balaban J connectivity index is 2.28. The van der Waals surface area contributed by atoms with Gasteiger partial charge in [0.15, 0.2) is 0 Å². The van der Waals surface area contributed by atoms with E-state index in [2.05, 4.69) is 0 Å². The van der Waals surface area contributed by atoms with Gasteiger partial charge >= 0.3 is 5.97 Å². The molecule has 0 saturated heterocycles. The van der Waals surface area contributed by atoms with E-state index in [0.717, 1.165) is 6.42 Å². The minimum absolute atomic E-state index is 0.146. The van der Waals surface area contributed by atoms with E-state index in [1.165, 1.54) is 12.1 Å². The average Bonchev–Trinajstić information content (AvgIpc) is 2.39. The van der Waals surface area contributed by atoms with Gasteiger partial charge in [-0.1, -0.05) is 0 Å². The van der Waals surface area contributed by atoms with Crippen LogP contribution in [0.2, 0.25) is 0 Å². The molecule has 6 nitrogen and oxygen atoms in total. The number of rotatable bonds is 9. The van der Waals surface area contributed by atoms with Crippen LogP contribution in [0.1, 0.15) is 16.8 Å². The van der Waals surface area contributed by atoms with Crippen LogP contribution in [0.25, 0.3) is 0 Å². The van der Waals surface area contributed by atoms with Crippen molar-refractivity contribution in [2.24, 2.45) is 0 Å². The zero-order valence-corrected chi connectivity index (χ0v) is 10.9. The van der Waals surface area contributed by atoms with Crippen molar-refractivity contribution in [2.45, 2.75) is 6.42 Å². The van der Waals surface area contributed by atoms with E-state index >= 15 is 0 Å². The number of benzene rings is 1. The number of methoxy groups -OCH3 is 1. The number of anilines is 1. The van der Waals surface area contributed by atoms with Gasteiger partial charge in [-0.25, -0.2) is 4.79 Å². The lowest BCUT2D eigenvalue weighted by molar-refractivity contribution is 0.0645. The van der Waals surface area contributed by atoms with Gasteiger partial charge in [0, 0.05) is 20.1 Å². The number of carbonyl (C=O) groups is 1. The smallest absolute Gasteiger partial charge is 0.335 e. The first-order valence-corrected chi connectivity index (χ1v) is 5.97. The summed E-state index contributed by atoms with van der Waals surface area (Å²) in [5.41, 5.74) is 6.17. The van der Waals surface area contributed by atoms with Crippen LogP contribution in [0.4, 0.5) is 5.69 Å². The molecule has 0 fully saturated rings. The molecule has 1 aromatic carbocycles. The van der Waals surface area contributed by atoms with E-state index in [0.29, 0.717) is 37.9 Å². The molecule has 0 aromatic heterocycles. The highest BCUT2D eigenvalue weighted by molar-refractivity contribution is 5.89. The molecule has 19 heavy (non-hydrogen) atoms. The van der Waals surface area contributed by atoms with Crippen LogP contribution in [-0.4, -0.2) is 44.6 Å². The van der Waals surface area contributed by atoms with Crippen LogP contribution in [0.3, 0.4) is 0 Å². The maximum absolute atomic E-state index is 10.7. The van der Waals surface area contributed by atoms with Crippen molar-refractivity contribution in [2.75, 3.05) is 39.3 Å². The Morgan fingerprint density at radius 1 is 1.26 bits per heavy atom. The summed E-state index contributed by atoms with van der Waals surface area (Å²) in [6.45, 7) is 2.18. The van der Waals surface area contributed by atoms with Crippen LogP contribution in [0, 0.1) is 0 Å². The quantitative estimate of drug-likeness (QED) is 0.520. The lowest BCUT2D eigenvalue weighted by Crippen LogP contribution is -2.08. The van der Waals surface area contributed by atoms with Gasteiger partial charge in [0.05, 0.1) is 31.1 Å². The lowest BCUT2D eigenvalue weighted by atomic mass is 10.2. The summed E-state index contributed by atoms with van der Waals surface area (Å²) in [4.78, 5) is 10.7. The number of carboxylic acids is 1. The zero-order chi connectivity index (χ0) is 14.1. The standard InChI is InChI=1S/C13H19NO5/c1-17-7-8-18-5-2-6-19-12-4-3-10(13(15)16)9-11(12)14/h3-4,9H,2,5-8,14H2,1H3,(H,15,16). The van der Waals surface area contributed by atoms with Gasteiger partial charge in [0.25, 0.3) is 0 Å². The molecule has 0 amide bonds. The number of carboxylic acid groups (broad SMARTS) is 1. The topological polar surface area (TPSA) is 91.0 Å². The molecule has 3 N–H and O–H groups in total. The number of hydrogen-bond donors (Lipinski definition) is 2. The minimum Gasteiger partial charge on any atom is -0.491 e. The van der Waals surface area contributed by atoms with Crippen molar-refractivity contribution in [3.63, 3.8) is 0 Å². The molecule has 0 radical (unpaired) electrons.